The summed E-state index contributed by atoms with van der Waals surface area (Å²) < 4.78 is 0. The molecule has 0 aromatic heterocycles. The first kappa shape index (κ1) is 29.7. The third-order valence-corrected chi connectivity index (χ3v) is 4.41. The van der Waals surface area contributed by atoms with Gasteiger partial charge in [-0.3, -0.25) is 0 Å². The van der Waals surface area contributed by atoms with Crippen molar-refractivity contribution in [1.29, 1.82) is 0 Å². The number of rotatable bonds is 3. The van der Waals surface area contributed by atoms with E-state index in [1.807, 2.05) is 0 Å². The first-order valence-corrected chi connectivity index (χ1v) is 9.12. The molecule has 0 bridgehead atoms. The summed E-state index contributed by atoms with van der Waals surface area (Å²) in [6, 6.07) is 20.4. The Morgan fingerprint density at radius 2 is 1.57 bits per heavy atom. The molecule has 0 spiro atoms. The fraction of sp³-hybridized carbons (Fsp3) is 0.333. The Morgan fingerprint density at radius 3 is 2.07 bits per heavy atom. The fourth-order valence-corrected chi connectivity index (χ4v) is 3.13. The summed E-state index contributed by atoms with van der Waals surface area (Å²) in [5.41, 5.74) is 5.71. The van der Waals surface area contributed by atoms with Crippen LogP contribution in [0.2, 0.25) is 0 Å². The minimum atomic E-state index is 0. The average molecular weight is 497 g/mol. The van der Waals surface area contributed by atoms with Crippen molar-refractivity contribution in [1.82, 2.24) is 0 Å². The maximum absolute atomic E-state index is 7.44. The first-order valence-electron chi connectivity index (χ1n) is 9.12. The molecule has 0 unspecified atom stereocenters. The number of aliphatic hydroxyl groups excluding tert-OH is 1. The van der Waals surface area contributed by atoms with Crippen molar-refractivity contribution in [3.8, 4) is 11.1 Å². The van der Waals surface area contributed by atoms with Crippen LogP contribution in [0, 0.1) is 6.61 Å². The molecule has 4 heteroatoms. The van der Waals surface area contributed by atoms with Crippen LogP contribution in [-0.2, 0) is 38.0 Å². The number of hydrogen-bond acceptors (Lipinski definition) is 1. The quantitative estimate of drug-likeness (QED) is 0.537. The van der Waals surface area contributed by atoms with Gasteiger partial charge >= 0.3 is 26.2 Å². The van der Waals surface area contributed by atoms with Crippen LogP contribution in [0.25, 0.3) is 21.9 Å². The second-order valence-corrected chi connectivity index (χ2v) is 7.51. The molecule has 0 amide bonds. The Bertz CT molecular complexity index is 802. The van der Waals surface area contributed by atoms with Crippen molar-refractivity contribution in [2.45, 2.75) is 52.9 Å². The molecule has 0 aliphatic rings. The molecule has 0 saturated heterocycles. The zero-order valence-corrected chi connectivity index (χ0v) is 21.4. The monoisotopic (exact) mass is 494 g/mol. The van der Waals surface area contributed by atoms with Gasteiger partial charge in [0.2, 0.25) is 0 Å². The summed E-state index contributed by atoms with van der Waals surface area (Å²) in [6.07, 6.45) is 2.36. The van der Waals surface area contributed by atoms with Crippen LogP contribution in [0.15, 0.2) is 54.6 Å². The molecule has 0 radical (unpaired) electrons. The second-order valence-electron chi connectivity index (χ2n) is 7.51. The van der Waals surface area contributed by atoms with Crippen molar-refractivity contribution < 1.29 is 56.1 Å². The van der Waals surface area contributed by atoms with Gasteiger partial charge in [0.1, 0.15) is 0 Å². The van der Waals surface area contributed by atoms with Crippen LogP contribution in [0.4, 0.5) is 0 Å². The molecule has 0 fully saturated rings. The molecule has 3 aromatic carbocycles. The summed E-state index contributed by atoms with van der Waals surface area (Å²) in [5, 5.41) is 10.2. The van der Waals surface area contributed by atoms with E-state index in [-0.39, 0.29) is 56.4 Å². The van der Waals surface area contributed by atoms with Crippen LogP contribution in [-0.4, -0.2) is 5.11 Å². The van der Waals surface area contributed by atoms with E-state index in [0.717, 1.165) is 13.0 Å². The Hall–Kier alpha value is -0.527. The van der Waals surface area contributed by atoms with Crippen molar-refractivity contribution in [2.24, 2.45) is 0 Å². The number of aryl methyl sites for hydroxylation is 1. The first-order chi connectivity index (χ1) is 11.9. The van der Waals surface area contributed by atoms with Crippen LogP contribution < -0.4 is 24.8 Å². The van der Waals surface area contributed by atoms with E-state index in [0.29, 0.717) is 0 Å². The van der Waals surface area contributed by atoms with Gasteiger partial charge in [-0.05, 0) is 23.0 Å². The van der Waals surface area contributed by atoms with E-state index >= 15 is 0 Å². The van der Waals surface area contributed by atoms with Crippen LogP contribution >= 0.6 is 0 Å². The van der Waals surface area contributed by atoms with Gasteiger partial charge in [-0.25, -0.2) is 6.61 Å². The van der Waals surface area contributed by atoms with Gasteiger partial charge in [0, 0.05) is 0 Å². The fourth-order valence-electron chi connectivity index (χ4n) is 3.13. The molecule has 0 aliphatic carbocycles. The van der Waals surface area contributed by atoms with Crippen molar-refractivity contribution in [3.63, 3.8) is 0 Å². The van der Waals surface area contributed by atoms with Crippen molar-refractivity contribution >= 4 is 10.8 Å². The third kappa shape index (κ3) is 7.71. The standard InChI is InChI=1S/C22H25.C2H5O.2ClH.Zr/c1-5-7-16-14-18-8-6-9-20(21(18)15-16)17-10-12-19(13-11-17)22(2,3)4;1-2-3;;;/h6,8-15H,5,7H2,1-4H3;2-3H,1H3;2*1H;/q2*-1;;;+4/p-2. The summed E-state index contributed by atoms with van der Waals surface area (Å²) in [5.74, 6) is 0. The average Bonchev–Trinajstić information content (AvgIpc) is 2.98. The Morgan fingerprint density at radius 1 is 1.00 bits per heavy atom. The van der Waals surface area contributed by atoms with Crippen LogP contribution in [0.5, 0.6) is 0 Å². The summed E-state index contributed by atoms with van der Waals surface area (Å²) in [7, 11) is 0. The van der Waals surface area contributed by atoms with E-state index in [1.54, 1.807) is 6.92 Å². The molecule has 0 aliphatic heterocycles. The topological polar surface area (TPSA) is 20.2 Å². The second kappa shape index (κ2) is 13.7. The smallest absolute Gasteiger partial charge is 1.00 e. The van der Waals surface area contributed by atoms with E-state index in [4.69, 9.17) is 5.11 Å². The van der Waals surface area contributed by atoms with Gasteiger partial charge in [0.15, 0.2) is 0 Å². The number of fused-ring (bicyclic) bond motifs is 1. The molecule has 1 nitrogen and oxygen atoms in total. The maximum Gasteiger partial charge on any atom is 4.00 e. The summed E-state index contributed by atoms with van der Waals surface area (Å²) >= 11 is 0. The SMILES string of the molecule is CCCc1cc2c(-c3ccc(C(C)(C)C)cc3)cccc2[cH-]1.C[CH-]O.[Cl-].[Cl-].[Zr+4]. The summed E-state index contributed by atoms with van der Waals surface area (Å²) in [4.78, 5) is 0. The van der Waals surface area contributed by atoms with Crippen molar-refractivity contribution in [2.75, 3.05) is 0 Å². The zero-order chi connectivity index (χ0) is 18.4. The normalized spacial score (nSPS) is 10.1. The predicted molar refractivity (Wildman–Crippen MR) is 110 cm³/mol. The van der Waals surface area contributed by atoms with Gasteiger partial charge in [0.25, 0.3) is 0 Å². The molecule has 0 atom stereocenters. The van der Waals surface area contributed by atoms with Crippen molar-refractivity contribution in [3.05, 3.63) is 72.3 Å². The van der Waals surface area contributed by atoms with Gasteiger partial charge < -0.3 is 29.9 Å². The Balaban J connectivity index is 0. The number of halogens is 2. The van der Waals surface area contributed by atoms with Crippen LogP contribution in [0.1, 0.15) is 52.2 Å². The van der Waals surface area contributed by atoms with Gasteiger partial charge in [0.05, 0.1) is 0 Å². The number of aliphatic hydroxyl groups is 1. The Labute approximate surface area is 202 Å². The van der Waals surface area contributed by atoms with E-state index in [1.165, 1.54) is 39.4 Å². The molecule has 0 saturated carbocycles. The summed E-state index contributed by atoms with van der Waals surface area (Å²) in [6.45, 7) is 11.6. The zero-order valence-electron chi connectivity index (χ0n) is 17.4. The predicted octanol–water partition coefficient (Wildman–Crippen LogP) is 1.02. The molecular weight excluding hydrogens is 466 g/mol. The minimum absolute atomic E-state index is 0. The van der Waals surface area contributed by atoms with Gasteiger partial charge in [-0.15, -0.1) is 34.5 Å². The molecular formula is C24H30Cl2OZr. The molecule has 1 N–H and O–H groups in total. The minimum Gasteiger partial charge on any atom is -1.00 e. The maximum atomic E-state index is 7.44. The Kier molecular flexibility index (Phi) is 14.5. The van der Waals surface area contributed by atoms with E-state index < -0.39 is 0 Å². The van der Waals surface area contributed by atoms with E-state index in [9.17, 15) is 0 Å². The molecule has 3 aromatic rings. The van der Waals surface area contributed by atoms with Gasteiger partial charge in [-0.2, -0.15) is 13.0 Å². The molecule has 3 rings (SSSR count). The number of benzene rings is 2. The van der Waals surface area contributed by atoms with Crippen LogP contribution in [0.3, 0.4) is 0 Å². The van der Waals surface area contributed by atoms with Gasteiger partial charge in [-0.1, -0.05) is 70.0 Å². The molecule has 28 heavy (non-hydrogen) atoms. The number of hydrogen-bond donors (Lipinski definition) is 1. The largest absolute Gasteiger partial charge is 4.00 e. The molecule has 150 valence electrons. The van der Waals surface area contributed by atoms with E-state index in [2.05, 4.69) is 82.3 Å². The molecule has 0 heterocycles. The third-order valence-electron chi connectivity index (χ3n) is 4.41.